The zero-order chi connectivity index (χ0) is 13.0. The van der Waals surface area contributed by atoms with Crippen LogP contribution in [0.4, 0.5) is 4.79 Å². The van der Waals surface area contributed by atoms with Gasteiger partial charge in [0, 0.05) is 11.9 Å². The molecule has 0 atom stereocenters. The summed E-state index contributed by atoms with van der Waals surface area (Å²) in [5.74, 6) is 0.417. The zero-order valence-electron chi connectivity index (χ0n) is 9.87. The van der Waals surface area contributed by atoms with Gasteiger partial charge in [0.1, 0.15) is 5.75 Å². The number of benzene rings is 2. The minimum absolute atomic E-state index is 0.174. The lowest BCUT2D eigenvalue weighted by Gasteiger charge is -2.12. The standard InChI is InChI=1S/C13H12N2O3/c1-2-15(14-17)13(16)18-12-9-5-7-10-6-3-4-8-11(10)12/h3-9H,2H2,1H3. The van der Waals surface area contributed by atoms with Crippen LogP contribution in [0.15, 0.2) is 47.8 Å². The Balaban J connectivity index is 2.32. The summed E-state index contributed by atoms with van der Waals surface area (Å²) in [4.78, 5) is 22.0. The van der Waals surface area contributed by atoms with Gasteiger partial charge in [0.25, 0.3) is 0 Å². The van der Waals surface area contributed by atoms with Crippen molar-refractivity contribution in [3.05, 3.63) is 47.4 Å². The maximum Gasteiger partial charge on any atom is 0.438 e. The first-order valence-corrected chi connectivity index (χ1v) is 5.56. The normalized spacial score (nSPS) is 10.1. The molecule has 0 N–H and O–H groups in total. The van der Waals surface area contributed by atoms with Gasteiger partial charge in [-0.05, 0) is 18.4 Å². The first-order valence-electron chi connectivity index (χ1n) is 5.56. The molecule has 0 fully saturated rings. The Morgan fingerprint density at radius 1 is 1.22 bits per heavy atom. The van der Waals surface area contributed by atoms with Gasteiger partial charge in [-0.2, -0.15) is 5.01 Å². The molecule has 92 valence electrons. The third kappa shape index (κ3) is 2.29. The van der Waals surface area contributed by atoms with Crippen molar-refractivity contribution < 1.29 is 9.53 Å². The van der Waals surface area contributed by atoms with Gasteiger partial charge in [-0.1, -0.05) is 36.4 Å². The third-order valence-electron chi connectivity index (χ3n) is 2.56. The molecule has 5 nitrogen and oxygen atoms in total. The fourth-order valence-electron chi connectivity index (χ4n) is 1.65. The second-order valence-electron chi connectivity index (χ2n) is 3.64. The van der Waals surface area contributed by atoms with Crippen LogP contribution in [0.3, 0.4) is 0 Å². The number of nitroso groups, excluding NO2 is 1. The Morgan fingerprint density at radius 3 is 2.67 bits per heavy atom. The van der Waals surface area contributed by atoms with Crippen molar-refractivity contribution in [2.75, 3.05) is 6.54 Å². The van der Waals surface area contributed by atoms with Crippen LogP contribution < -0.4 is 4.74 Å². The summed E-state index contributed by atoms with van der Waals surface area (Å²) in [7, 11) is 0. The molecule has 0 spiro atoms. The molecule has 2 aromatic carbocycles. The SMILES string of the molecule is CCN(N=O)C(=O)Oc1cccc2ccccc12. The molecule has 0 heterocycles. The Bertz CT molecular complexity index is 578. The lowest BCUT2D eigenvalue weighted by atomic mass is 10.1. The van der Waals surface area contributed by atoms with E-state index >= 15 is 0 Å². The smallest absolute Gasteiger partial charge is 0.408 e. The third-order valence-corrected chi connectivity index (χ3v) is 2.56. The van der Waals surface area contributed by atoms with Crippen molar-refractivity contribution in [3.63, 3.8) is 0 Å². The summed E-state index contributed by atoms with van der Waals surface area (Å²) in [5, 5.41) is 5.09. The largest absolute Gasteiger partial charge is 0.438 e. The summed E-state index contributed by atoms with van der Waals surface area (Å²) in [6.45, 7) is 1.82. The number of carbonyl (C=O) groups excluding carboxylic acids is 1. The van der Waals surface area contributed by atoms with Gasteiger partial charge in [-0.15, -0.1) is 4.91 Å². The molecule has 2 aromatic rings. The fraction of sp³-hybridized carbons (Fsp3) is 0.154. The van der Waals surface area contributed by atoms with E-state index in [1.165, 1.54) is 0 Å². The minimum Gasteiger partial charge on any atom is -0.408 e. The molecule has 0 aliphatic rings. The maximum absolute atomic E-state index is 11.6. The van der Waals surface area contributed by atoms with Crippen LogP contribution in [-0.4, -0.2) is 17.6 Å². The van der Waals surface area contributed by atoms with E-state index in [0.717, 1.165) is 15.8 Å². The molecule has 0 aliphatic heterocycles. The molecule has 0 radical (unpaired) electrons. The van der Waals surface area contributed by atoms with E-state index in [4.69, 9.17) is 4.74 Å². The second kappa shape index (κ2) is 5.27. The number of ether oxygens (including phenoxy) is 1. The molecule has 0 aliphatic carbocycles. The highest BCUT2D eigenvalue weighted by Crippen LogP contribution is 2.25. The van der Waals surface area contributed by atoms with Gasteiger partial charge in [0.05, 0.1) is 5.29 Å². The van der Waals surface area contributed by atoms with Gasteiger partial charge in [-0.3, -0.25) is 0 Å². The molecule has 2 rings (SSSR count). The molecule has 5 heteroatoms. The minimum atomic E-state index is -0.774. The Hall–Kier alpha value is -2.43. The van der Waals surface area contributed by atoms with Crippen molar-refractivity contribution >= 4 is 16.9 Å². The van der Waals surface area contributed by atoms with Crippen molar-refractivity contribution in [1.29, 1.82) is 0 Å². The highest BCUT2D eigenvalue weighted by Gasteiger charge is 2.15. The number of fused-ring (bicyclic) bond motifs is 1. The van der Waals surface area contributed by atoms with Crippen LogP contribution in [0.5, 0.6) is 5.75 Å². The van der Waals surface area contributed by atoms with Crippen molar-refractivity contribution in [2.45, 2.75) is 6.92 Å². The first kappa shape index (κ1) is 12.0. The van der Waals surface area contributed by atoms with Crippen LogP contribution in [-0.2, 0) is 0 Å². The van der Waals surface area contributed by atoms with E-state index in [1.807, 2.05) is 30.3 Å². The number of hydrogen-bond acceptors (Lipinski definition) is 4. The Morgan fingerprint density at radius 2 is 1.94 bits per heavy atom. The van der Waals surface area contributed by atoms with Crippen molar-refractivity contribution in [1.82, 2.24) is 5.01 Å². The number of rotatable bonds is 3. The molecule has 0 saturated heterocycles. The molecule has 0 bridgehead atoms. The quantitative estimate of drug-likeness (QED) is 0.614. The molecule has 0 aromatic heterocycles. The number of nitrogens with zero attached hydrogens (tertiary/aromatic N) is 2. The fourth-order valence-corrected chi connectivity index (χ4v) is 1.65. The summed E-state index contributed by atoms with van der Waals surface area (Å²) in [5.41, 5.74) is 0. The highest BCUT2D eigenvalue weighted by molar-refractivity contribution is 5.90. The Labute approximate surface area is 104 Å². The molecule has 0 unspecified atom stereocenters. The lowest BCUT2D eigenvalue weighted by molar-refractivity contribution is 0.156. The average Bonchev–Trinajstić information content (AvgIpc) is 2.40. The summed E-state index contributed by atoms with van der Waals surface area (Å²) in [6.07, 6.45) is -0.774. The predicted molar refractivity (Wildman–Crippen MR) is 68.1 cm³/mol. The number of hydrogen-bond donors (Lipinski definition) is 0. The highest BCUT2D eigenvalue weighted by atomic mass is 16.6. The monoisotopic (exact) mass is 244 g/mol. The molecule has 0 saturated carbocycles. The maximum atomic E-state index is 11.6. The van der Waals surface area contributed by atoms with Gasteiger partial charge < -0.3 is 4.74 Å². The zero-order valence-corrected chi connectivity index (χ0v) is 9.87. The van der Waals surface area contributed by atoms with Crippen molar-refractivity contribution in [3.8, 4) is 5.75 Å². The van der Waals surface area contributed by atoms with Crippen LogP contribution in [0.1, 0.15) is 6.92 Å². The average molecular weight is 244 g/mol. The van der Waals surface area contributed by atoms with Crippen LogP contribution in [0.2, 0.25) is 0 Å². The summed E-state index contributed by atoms with van der Waals surface area (Å²) < 4.78 is 5.16. The van der Waals surface area contributed by atoms with Gasteiger partial charge in [-0.25, -0.2) is 4.79 Å². The van der Waals surface area contributed by atoms with E-state index in [-0.39, 0.29) is 6.54 Å². The molecular formula is C13H12N2O3. The van der Waals surface area contributed by atoms with Crippen molar-refractivity contribution in [2.24, 2.45) is 5.29 Å². The van der Waals surface area contributed by atoms with Gasteiger partial charge >= 0.3 is 6.09 Å². The molecule has 18 heavy (non-hydrogen) atoms. The van der Waals surface area contributed by atoms with E-state index in [2.05, 4.69) is 5.29 Å². The van der Waals surface area contributed by atoms with Crippen LogP contribution >= 0.6 is 0 Å². The molecular weight excluding hydrogens is 232 g/mol. The van der Waals surface area contributed by atoms with E-state index in [9.17, 15) is 9.70 Å². The van der Waals surface area contributed by atoms with E-state index < -0.39 is 6.09 Å². The van der Waals surface area contributed by atoms with Crippen LogP contribution in [0, 0.1) is 4.91 Å². The second-order valence-corrected chi connectivity index (χ2v) is 3.64. The number of carbonyl (C=O) groups is 1. The molecule has 1 amide bonds. The summed E-state index contributed by atoms with van der Waals surface area (Å²) >= 11 is 0. The summed E-state index contributed by atoms with van der Waals surface area (Å²) in [6, 6.07) is 12.9. The van der Waals surface area contributed by atoms with Crippen LogP contribution in [0.25, 0.3) is 10.8 Å². The topological polar surface area (TPSA) is 59.0 Å². The number of amides is 1. The predicted octanol–water partition coefficient (Wildman–Crippen LogP) is 3.34. The van der Waals surface area contributed by atoms with Gasteiger partial charge in [0.2, 0.25) is 0 Å². The van der Waals surface area contributed by atoms with E-state index in [0.29, 0.717) is 5.75 Å². The first-order chi connectivity index (χ1) is 8.76. The van der Waals surface area contributed by atoms with E-state index in [1.54, 1.807) is 19.1 Å². The lowest BCUT2D eigenvalue weighted by Crippen LogP contribution is -2.28. The Kier molecular flexibility index (Phi) is 3.52. The van der Waals surface area contributed by atoms with Gasteiger partial charge in [0.15, 0.2) is 0 Å².